The molecule has 0 unspecified atom stereocenters. The van der Waals surface area contributed by atoms with Gasteiger partial charge in [-0.25, -0.2) is 4.98 Å². The molecule has 0 aliphatic carbocycles. The molecule has 0 radical (unpaired) electrons. The SMILES string of the molecule is COCCCn1cnc2oc(C)c(C(=O)Nc3ccon3)c2c1=O. The third kappa shape index (κ3) is 2.93. The molecule has 0 fully saturated rings. The zero-order valence-electron chi connectivity index (χ0n) is 13.2. The second-order valence-electron chi connectivity index (χ2n) is 5.14. The highest BCUT2D eigenvalue weighted by molar-refractivity contribution is 6.12. The van der Waals surface area contributed by atoms with Crippen LogP contribution >= 0.6 is 0 Å². The first-order valence-corrected chi connectivity index (χ1v) is 7.31. The molecule has 3 aromatic heterocycles. The number of methoxy groups -OCH3 is 1. The highest BCUT2D eigenvalue weighted by atomic mass is 16.5. The predicted molar refractivity (Wildman–Crippen MR) is 84.0 cm³/mol. The normalized spacial score (nSPS) is 11.1. The number of anilines is 1. The van der Waals surface area contributed by atoms with Crippen LogP contribution in [-0.2, 0) is 11.3 Å². The zero-order valence-corrected chi connectivity index (χ0v) is 13.2. The molecule has 3 rings (SSSR count). The Morgan fingerprint density at radius 1 is 1.46 bits per heavy atom. The molecule has 9 heteroatoms. The van der Waals surface area contributed by atoms with Crippen molar-refractivity contribution < 1.29 is 18.5 Å². The van der Waals surface area contributed by atoms with E-state index in [9.17, 15) is 9.59 Å². The van der Waals surface area contributed by atoms with Crippen molar-refractivity contribution in [3.05, 3.63) is 40.3 Å². The van der Waals surface area contributed by atoms with E-state index in [0.29, 0.717) is 25.3 Å². The van der Waals surface area contributed by atoms with Gasteiger partial charge in [-0.3, -0.25) is 14.2 Å². The number of fused-ring (bicyclic) bond motifs is 1. The molecular formula is C15H16N4O5. The van der Waals surface area contributed by atoms with Crippen LogP contribution in [0, 0.1) is 6.92 Å². The molecule has 0 saturated carbocycles. The maximum atomic E-state index is 12.7. The Morgan fingerprint density at radius 3 is 3.00 bits per heavy atom. The summed E-state index contributed by atoms with van der Waals surface area (Å²) in [5.74, 6) is 0.0528. The molecule has 3 heterocycles. The molecule has 3 aromatic rings. The number of carbonyl (C=O) groups excluding carboxylic acids is 1. The summed E-state index contributed by atoms with van der Waals surface area (Å²) in [6.07, 6.45) is 3.39. The summed E-state index contributed by atoms with van der Waals surface area (Å²) in [6, 6.07) is 1.50. The van der Waals surface area contributed by atoms with Crippen LogP contribution in [0.25, 0.3) is 11.1 Å². The summed E-state index contributed by atoms with van der Waals surface area (Å²) >= 11 is 0. The van der Waals surface area contributed by atoms with E-state index in [1.54, 1.807) is 14.0 Å². The molecule has 0 spiro atoms. The van der Waals surface area contributed by atoms with E-state index in [-0.39, 0.29) is 28.0 Å². The lowest BCUT2D eigenvalue weighted by molar-refractivity contribution is 0.102. The smallest absolute Gasteiger partial charge is 0.265 e. The van der Waals surface area contributed by atoms with Crippen molar-refractivity contribution in [1.82, 2.24) is 14.7 Å². The zero-order chi connectivity index (χ0) is 17.1. The average Bonchev–Trinajstić information content (AvgIpc) is 3.17. The van der Waals surface area contributed by atoms with Gasteiger partial charge >= 0.3 is 0 Å². The third-order valence-electron chi connectivity index (χ3n) is 3.51. The lowest BCUT2D eigenvalue weighted by Gasteiger charge is -2.05. The molecule has 0 bridgehead atoms. The standard InChI is InChI=1S/C15H16N4O5/c1-9-11(13(20)17-10-4-7-23-18-10)12-14(24-9)16-8-19(15(12)21)5-3-6-22-2/h4,7-8H,3,5-6H2,1-2H3,(H,17,18,20). The summed E-state index contributed by atoms with van der Waals surface area (Å²) in [6.45, 7) is 2.56. The predicted octanol–water partition coefficient (Wildman–Crippen LogP) is 1.57. The number of nitrogens with zero attached hydrogens (tertiary/aromatic N) is 3. The van der Waals surface area contributed by atoms with Crippen molar-refractivity contribution in [3.8, 4) is 0 Å². The average molecular weight is 332 g/mol. The Morgan fingerprint density at radius 2 is 2.29 bits per heavy atom. The van der Waals surface area contributed by atoms with Gasteiger partial charge in [0.2, 0.25) is 5.71 Å². The Bertz CT molecular complexity index is 910. The van der Waals surface area contributed by atoms with Crippen LogP contribution in [0.2, 0.25) is 0 Å². The van der Waals surface area contributed by atoms with E-state index in [1.807, 2.05) is 0 Å². The molecule has 0 aromatic carbocycles. The van der Waals surface area contributed by atoms with Gasteiger partial charge in [-0.1, -0.05) is 5.16 Å². The number of amides is 1. The Kier molecular flexibility index (Phi) is 4.43. The topological polar surface area (TPSA) is 112 Å². The minimum absolute atomic E-state index is 0.130. The highest BCUT2D eigenvalue weighted by Gasteiger charge is 2.23. The van der Waals surface area contributed by atoms with Gasteiger partial charge in [0.05, 0.1) is 5.56 Å². The van der Waals surface area contributed by atoms with Crippen LogP contribution in [0.3, 0.4) is 0 Å². The van der Waals surface area contributed by atoms with Crippen LogP contribution in [0.15, 0.2) is 32.4 Å². The van der Waals surface area contributed by atoms with Gasteiger partial charge in [0, 0.05) is 26.3 Å². The van der Waals surface area contributed by atoms with Crippen molar-refractivity contribution in [1.29, 1.82) is 0 Å². The minimum Gasteiger partial charge on any atom is -0.442 e. The second kappa shape index (κ2) is 6.67. The van der Waals surface area contributed by atoms with Crippen LogP contribution in [0.1, 0.15) is 22.5 Å². The number of hydrogen-bond donors (Lipinski definition) is 1. The molecule has 126 valence electrons. The lowest BCUT2D eigenvalue weighted by atomic mass is 10.2. The maximum Gasteiger partial charge on any atom is 0.265 e. The van der Waals surface area contributed by atoms with E-state index in [1.165, 1.54) is 23.2 Å². The number of nitrogens with one attached hydrogen (secondary N) is 1. The Hall–Kier alpha value is -2.94. The number of aromatic nitrogens is 3. The first-order chi connectivity index (χ1) is 11.6. The van der Waals surface area contributed by atoms with Gasteiger partial charge in [-0.2, -0.15) is 0 Å². The van der Waals surface area contributed by atoms with Gasteiger partial charge in [0.1, 0.15) is 23.7 Å². The summed E-state index contributed by atoms with van der Waals surface area (Å²) in [5.41, 5.74) is -0.0596. The van der Waals surface area contributed by atoms with Gasteiger partial charge in [-0.15, -0.1) is 0 Å². The number of rotatable bonds is 6. The summed E-state index contributed by atoms with van der Waals surface area (Å²) < 4.78 is 16.5. The second-order valence-corrected chi connectivity index (χ2v) is 5.14. The van der Waals surface area contributed by atoms with E-state index in [0.717, 1.165) is 0 Å². The molecule has 0 aliphatic heterocycles. The lowest BCUT2D eigenvalue weighted by Crippen LogP contribution is -2.23. The number of ether oxygens (including phenoxy) is 1. The molecular weight excluding hydrogens is 316 g/mol. The molecule has 9 nitrogen and oxygen atoms in total. The van der Waals surface area contributed by atoms with Gasteiger partial charge < -0.3 is 19.0 Å². The molecule has 24 heavy (non-hydrogen) atoms. The van der Waals surface area contributed by atoms with Crippen molar-refractivity contribution >= 4 is 22.8 Å². The van der Waals surface area contributed by atoms with E-state index >= 15 is 0 Å². The summed E-state index contributed by atoms with van der Waals surface area (Å²) in [5, 5.41) is 6.32. The Labute approximate surface area is 136 Å². The molecule has 1 N–H and O–H groups in total. The van der Waals surface area contributed by atoms with E-state index in [2.05, 4.69) is 20.0 Å². The van der Waals surface area contributed by atoms with Gasteiger partial charge in [0.25, 0.3) is 11.5 Å². The van der Waals surface area contributed by atoms with Crippen LogP contribution in [0.4, 0.5) is 5.82 Å². The first-order valence-electron chi connectivity index (χ1n) is 7.31. The number of carbonyl (C=O) groups is 1. The third-order valence-corrected chi connectivity index (χ3v) is 3.51. The monoisotopic (exact) mass is 332 g/mol. The van der Waals surface area contributed by atoms with E-state index in [4.69, 9.17) is 9.15 Å². The maximum absolute atomic E-state index is 12.7. The fourth-order valence-electron chi connectivity index (χ4n) is 2.41. The van der Waals surface area contributed by atoms with Crippen LogP contribution in [0.5, 0.6) is 0 Å². The van der Waals surface area contributed by atoms with E-state index < -0.39 is 5.91 Å². The molecule has 0 atom stereocenters. The number of aryl methyl sites for hydroxylation is 2. The summed E-state index contributed by atoms with van der Waals surface area (Å²) in [4.78, 5) is 29.3. The molecule has 0 aliphatic rings. The summed E-state index contributed by atoms with van der Waals surface area (Å²) in [7, 11) is 1.59. The van der Waals surface area contributed by atoms with Crippen molar-refractivity contribution in [2.45, 2.75) is 19.9 Å². The van der Waals surface area contributed by atoms with Crippen molar-refractivity contribution in [2.75, 3.05) is 19.0 Å². The minimum atomic E-state index is -0.506. The van der Waals surface area contributed by atoms with Gasteiger partial charge in [0.15, 0.2) is 5.82 Å². The van der Waals surface area contributed by atoms with Gasteiger partial charge in [-0.05, 0) is 13.3 Å². The highest BCUT2D eigenvalue weighted by Crippen LogP contribution is 2.22. The fourth-order valence-corrected chi connectivity index (χ4v) is 2.41. The Balaban J connectivity index is 2.00. The quantitative estimate of drug-likeness (QED) is 0.682. The van der Waals surface area contributed by atoms with Crippen molar-refractivity contribution in [2.24, 2.45) is 0 Å². The largest absolute Gasteiger partial charge is 0.442 e. The number of hydrogen-bond acceptors (Lipinski definition) is 7. The first kappa shape index (κ1) is 15.9. The molecule has 1 amide bonds. The van der Waals surface area contributed by atoms with Crippen molar-refractivity contribution in [3.63, 3.8) is 0 Å². The number of furan rings is 1. The molecule has 0 saturated heterocycles. The fraction of sp³-hybridized carbons (Fsp3) is 0.333. The van der Waals surface area contributed by atoms with Crippen LogP contribution in [-0.4, -0.2) is 34.3 Å². The van der Waals surface area contributed by atoms with Crippen LogP contribution < -0.4 is 10.9 Å².